The summed E-state index contributed by atoms with van der Waals surface area (Å²) in [7, 11) is 0. The Balaban J connectivity index is 1.55. The molecule has 128 valence electrons. The molecular formula is C18H19N5O2. The number of likely N-dealkylation sites (tertiary alicyclic amines) is 1. The van der Waals surface area contributed by atoms with Crippen LogP contribution in [0.4, 0.5) is 0 Å². The van der Waals surface area contributed by atoms with Gasteiger partial charge in [0.05, 0.1) is 24.3 Å². The molecule has 0 saturated carbocycles. The first-order chi connectivity index (χ1) is 12.2. The van der Waals surface area contributed by atoms with E-state index in [0.29, 0.717) is 11.9 Å². The van der Waals surface area contributed by atoms with Gasteiger partial charge in [-0.1, -0.05) is 17.3 Å². The van der Waals surface area contributed by atoms with E-state index in [2.05, 4.69) is 10.3 Å². The van der Waals surface area contributed by atoms with Gasteiger partial charge < -0.3 is 9.47 Å². The quantitative estimate of drug-likeness (QED) is 0.719. The molecular weight excluding hydrogens is 318 g/mol. The van der Waals surface area contributed by atoms with Crippen molar-refractivity contribution in [1.82, 2.24) is 24.5 Å². The maximum Gasteiger partial charge on any atom is 0.242 e. The van der Waals surface area contributed by atoms with Crippen LogP contribution < -0.4 is 5.43 Å². The summed E-state index contributed by atoms with van der Waals surface area (Å²) in [4.78, 5) is 26.8. The van der Waals surface area contributed by atoms with E-state index in [1.165, 1.54) is 6.07 Å². The summed E-state index contributed by atoms with van der Waals surface area (Å²) < 4.78 is 3.62. The molecule has 1 aliphatic heterocycles. The van der Waals surface area contributed by atoms with Gasteiger partial charge in [0.1, 0.15) is 6.54 Å². The van der Waals surface area contributed by atoms with Gasteiger partial charge in [-0.3, -0.25) is 14.3 Å². The molecule has 3 heterocycles. The Kier molecular flexibility index (Phi) is 4.05. The van der Waals surface area contributed by atoms with Crippen LogP contribution >= 0.6 is 0 Å². The third-order valence-corrected chi connectivity index (χ3v) is 4.76. The summed E-state index contributed by atoms with van der Waals surface area (Å²) in [5.74, 6) is 0.0661. The topological polar surface area (TPSA) is 73.0 Å². The minimum Gasteiger partial charge on any atom is -0.338 e. The molecule has 4 rings (SSSR count). The van der Waals surface area contributed by atoms with Crippen molar-refractivity contribution in [3.8, 4) is 0 Å². The third-order valence-electron chi connectivity index (χ3n) is 4.76. The molecule has 3 aromatic rings. The molecule has 0 spiro atoms. The first kappa shape index (κ1) is 15.6. The predicted octanol–water partition coefficient (Wildman–Crippen LogP) is 1.28. The number of fused-ring (bicyclic) bond motifs is 1. The molecule has 1 saturated heterocycles. The number of hydrogen-bond acceptors (Lipinski definition) is 4. The van der Waals surface area contributed by atoms with Crippen LogP contribution in [0.3, 0.4) is 0 Å². The molecule has 0 N–H and O–H groups in total. The van der Waals surface area contributed by atoms with Crippen molar-refractivity contribution in [3.05, 3.63) is 59.1 Å². The van der Waals surface area contributed by atoms with Crippen molar-refractivity contribution in [3.63, 3.8) is 0 Å². The summed E-state index contributed by atoms with van der Waals surface area (Å²) in [5.41, 5.74) is 0.764. The van der Waals surface area contributed by atoms with Crippen LogP contribution in [-0.4, -0.2) is 43.0 Å². The maximum absolute atomic E-state index is 12.9. The number of amides is 1. The Morgan fingerprint density at radius 3 is 2.92 bits per heavy atom. The van der Waals surface area contributed by atoms with Crippen molar-refractivity contribution < 1.29 is 4.79 Å². The number of benzene rings is 1. The lowest BCUT2D eigenvalue weighted by Crippen LogP contribution is -2.40. The van der Waals surface area contributed by atoms with E-state index in [1.807, 2.05) is 33.9 Å². The van der Waals surface area contributed by atoms with E-state index in [4.69, 9.17) is 0 Å². The van der Waals surface area contributed by atoms with Crippen LogP contribution in [0, 0.1) is 0 Å². The minimum absolute atomic E-state index is 0.0236. The van der Waals surface area contributed by atoms with Gasteiger partial charge in [-0.25, -0.2) is 0 Å². The lowest BCUT2D eigenvalue weighted by Gasteiger charge is -2.25. The third kappa shape index (κ3) is 3.05. The number of rotatable bonds is 4. The highest BCUT2D eigenvalue weighted by atomic mass is 16.2. The van der Waals surface area contributed by atoms with Crippen molar-refractivity contribution in [2.45, 2.75) is 32.0 Å². The zero-order valence-corrected chi connectivity index (χ0v) is 13.8. The highest BCUT2D eigenvalue weighted by molar-refractivity contribution is 5.82. The van der Waals surface area contributed by atoms with E-state index in [1.54, 1.807) is 23.1 Å². The van der Waals surface area contributed by atoms with Gasteiger partial charge in [-0.05, 0) is 25.0 Å². The second kappa shape index (κ2) is 6.51. The SMILES string of the molecule is O=C(Cn1ccc(=O)c2ccccc21)N1CCC[C@H]1Cn1ccnn1. The van der Waals surface area contributed by atoms with Crippen LogP contribution in [0.1, 0.15) is 12.8 Å². The van der Waals surface area contributed by atoms with Crippen LogP contribution in [0.25, 0.3) is 10.9 Å². The molecule has 2 aromatic heterocycles. The molecule has 25 heavy (non-hydrogen) atoms. The maximum atomic E-state index is 12.9. The average molecular weight is 337 g/mol. The molecule has 7 nitrogen and oxygen atoms in total. The smallest absolute Gasteiger partial charge is 0.242 e. The van der Waals surface area contributed by atoms with Crippen molar-refractivity contribution in [2.75, 3.05) is 6.54 Å². The number of nitrogens with zero attached hydrogens (tertiary/aromatic N) is 5. The number of aromatic nitrogens is 4. The van der Waals surface area contributed by atoms with Crippen LogP contribution in [0.2, 0.25) is 0 Å². The summed E-state index contributed by atoms with van der Waals surface area (Å²) >= 11 is 0. The number of carbonyl (C=O) groups excluding carboxylic acids is 1. The molecule has 7 heteroatoms. The molecule has 1 fully saturated rings. The molecule has 1 amide bonds. The molecule has 0 radical (unpaired) electrons. The van der Waals surface area contributed by atoms with Gasteiger partial charge in [-0.2, -0.15) is 0 Å². The largest absolute Gasteiger partial charge is 0.338 e. The fourth-order valence-corrected chi connectivity index (χ4v) is 3.53. The average Bonchev–Trinajstić information content (AvgIpc) is 3.30. The summed E-state index contributed by atoms with van der Waals surface area (Å²) in [6, 6.07) is 9.05. The number of para-hydroxylation sites is 1. The Morgan fingerprint density at radius 1 is 1.20 bits per heavy atom. The second-order valence-corrected chi connectivity index (χ2v) is 6.33. The fourth-order valence-electron chi connectivity index (χ4n) is 3.53. The van der Waals surface area contributed by atoms with Gasteiger partial charge in [0.15, 0.2) is 5.43 Å². The standard InChI is InChI=1S/C18H19N5O2/c24-17-7-10-21(16-6-2-1-5-15(16)17)13-18(25)23-9-3-4-14(23)12-22-11-8-19-20-22/h1-2,5-8,10-11,14H,3-4,9,12-13H2/t14-/m0/s1. The predicted molar refractivity (Wildman–Crippen MR) is 93.0 cm³/mol. The zero-order chi connectivity index (χ0) is 17.2. The highest BCUT2D eigenvalue weighted by Crippen LogP contribution is 2.20. The first-order valence-electron chi connectivity index (χ1n) is 8.44. The first-order valence-corrected chi connectivity index (χ1v) is 8.44. The second-order valence-electron chi connectivity index (χ2n) is 6.33. The molecule has 0 aliphatic carbocycles. The van der Waals surface area contributed by atoms with Gasteiger partial charge >= 0.3 is 0 Å². The molecule has 1 aromatic carbocycles. The summed E-state index contributed by atoms with van der Waals surface area (Å²) in [6.07, 6.45) is 7.13. The van der Waals surface area contributed by atoms with E-state index >= 15 is 0 Å². The number of hydrogen-bond donors (Lipinski definition) is 0. The van der Waals surface area contributed by atoms with E-state index in [-0.39, 0.29) is 23.9 Å². The van der Waals surface area contributed by atoms with Crippen molar-refractivity contribution in [1.29, 1.82) is 0 Å². The highest BCUT2D eigenvalue weighted by Gasteiger charge is 2.29. The Labute approximate surface area is 144 Å². The Bertz CT molecular complexity index is 948. The molecule has 0 bridgehead atoms. The van der Waals surface area contributed by atoms with Crippen LogP contribution in [0.5, 0.6) is 0 Å². The normalized spacial score (nSPS) is 17.3. The van der Waals surface area contributed by atoms with Gasteiger partial charge in [0.25, 0.3) is 0 Å². The monoisotopic (exact) mass is 337 g/mol. The molecule has 1 atom stereocenters. The molecule has 1 aliphatic rings. The van der Waals surface area contributed by atoms with Crippen molar-refractivity contribution in [2.24, 2.45) is 0 Å². The number of pyridine rings is 1. The lowest BCUT2D eigenvalue weighted by atomic mass is 10.2. The van der Waals surface area contributed by atoms with E-state index < -0.39 is 0 Å². The van der Waals surface area contributed by atoms with Crippen LogP contribution in [0.15, 0.2) is 53.7 Å². The Hall–Kier alpha value is -2.96. The number of carbonyl (C=O) groups is 1. The van der Waals surface area contributed by atoms with Crippen LogP contribution in [-0.2, 0) is 17.9 Å². The minimum atomic E-state index is -0.0236. The molecule has 0 unspecified atom stereocenters. The van der Waals surface area contributed by atoms with Gasteiger partial charge in [-0.15, -0.1) is 5.10 Å². The Morgan fingerprint density at radius 2 is 2.08 bits per heavy atom. The fraction of sp³-hybridized carbons (Fsp3) is 0.333. The zero-order valence-electron chi connectivity index (χ0n) is 13.8. The van der Waals surface area contributed by atoms with Gasteiger partial charge in [0.2, 0.25) is 5.91 Å². The summed E-state index contributed by atoms with van der Waals surface area (Å²) in [5, 5.41) is 8.45. The van der Waals surface area contributed by atoms with E-state index in [9.17, 15) is 9.59 Å². The van der Waals surface area contributed by atoms with Gasteiger partial charge in [0, 0.05) is 30.4 Å². The summed E-state index contributed by atoms with van der Waals surface area (Å²) in [6.45, 7) is 1.65. The van der Waals surface area contributed by atoms with E-state index in [0.717, 1.165) is 24.9 Å². The lowest BCUT2D eigenvalue weighted by molar-refractivity contribution is -0.132. The van der Waals surface area contributed by atoms with Crippen molar-refractivity contribution >= 4 is 16.8 Å².